The van der Waals surface area contributed by atoms with Gasteiger partial charge in [0, 0.05) is 72.5 Å². The van der Waals surface area contributed by atoms with Crippen molar-refractivity contribution < 1.29 is 23.1 Å². The highest BCUT2D eigenvalue weighted by Crippen LogP contribution is 2.32. The van der Waals surface area contributed by atoms with Crippen LogP contribution in [0, 0.1) is 16.1 Å². The van der Waals surface area contributed by atoms with E-state index in [2.05, 4.69) is 27.2 Å². The average molecular weight is 531 g/mol. The smallest absolute Gasteiger partial charge is 0.475 e. The van der Waals surface area contributed by atoms with Gasteiger partial charge in [-0.1, -0.05) is 0 Å². The molecule has 1 aliphatic heterocycles. The third-order valence-corrected chi connectivity index (χ3v) is 6.96. The first kappa shape index (κ1) is 25.8. The predicted octanol–water partition coefficient (Wildman–Crippen LogP) is 3.50. The Bertz CT molecular complexity index is 1500. The molecule has 4 aromatic heterocycles. The Hall–Kier alpha value is -4.25. The van der Waals surface area contributed by atoms with E-state index in [1.165, 1.54) is 0 Å². The molecule has 0 aromatic carbocycles. The molecule has 1 fully saturated rings. The number of carbonyl (C=O) groups is 1. The van der Waals surface area contributed by atoms with Crippen molar-refractivity contribution in [3.8, 4) is 28.3 Å². The van der Waals surface area contributed by atoms with E-state index < -0.39 is 12.1 Å². The summed E-state index contributed by atoms with van der Waals surface area (Å²) in [6, 6.07) is 8.39. The molecule has 0 spiro atoms. The van der Waals surface area contributed by atoms with Crippen LogP contribution in [0.25, 0.3) is 27.8 Å². The fraction of sp³-hybridized carbons (Fsp3) is 0.261. The monoisotopic (exact) mass is 530 g/mol. The van der Waals surface area contributed by atoms with Gasteiger partial charge in [-0.15, -0.1) is 10.7 Å². The Morgan fingerprint density at radius 2 is 1.81 bits per heavy atom. The number of halogens is 3. The molecule has 0 radical (unpaired) electrons. The molecule has 4 aromatic rings. The minimum Gasteiger partial charge on any atom is -0.475 e. The van der Waals surface area contributed by atoms with E-state index in [0.717, 1.165) is 58.2 Å². The van der Waals surface area contributed by atoms with E-state index in [0.29, 0.717) is 5.56 Å². The van der Waals surface area contributed by atoms with Crippen LogP contribution >= 0.6 is 0 Å². The third kappa shape index (κ3) is 5.78. The molecule has 1 aliphatic rings. The van der Waals surface area contributed by atoms with Crippen LogP contribution in [-0.4, -0.2) is 66.2 Å². The zero-order valence-electron chi connectivity index (χ0n) is 19.5. The van der Waals surface area contributed by atoms with Crippen molar-refractivity contribution in [1.29, 1.82) is 10.0 Å². The predicted molar refractivity (Wildman–Crippen MR) is 131 cm³/mol. The number of carboxylic acids is 1. The zero-order valence-corrected chi connectivity index (χ0v) is 20.3. The molecule has 14 heteroatoms. The molecule has 2 N–H and O–H groups in total. The lowest BCUT2D eigenvalue weighted by atomic mass is 10.0. The molecule has 192 valence electrons. The largest absolute Gasteiger partial charge is 0.490 e. The number of hydrogen-bond acceptors (Lipinski definition) is 7. The molecule has 5 rings (SSSR count). The van der Waals surface area contributed by atoms with Gasteiger partial charge in [0.05, 0.1) is 23.5 Å². The second-order valence-corrected chi connectivity index (χ2v) is 9.91. The average Bonchev–Trinajstić information content (AvgIpc) is 3.50. The molecule has 0 unspecified atom stereocenters. The molecular weight excluding hydrogens is 509 g/mol. The van der Waals surface area contributed by atoms with Gasteiger partial charge in [0.15, 0.2) is 0 Å². The zero-order chi connectivity index (χ0) is 26.7. The van der Waals surface area contributed by atoms with Gasteiger partial charge >= 0.3 is 12.1 Å². The summed E-state index contributed by atoms with van der Waals surface area (Å²) < 4.78 is 43.2. The Balaban J connectivity index is 0.000000405. The van der Waals surface area contributed by atoms with Gasteiger partial charge in [-0.05, 0) is 18.2 Å². The van der Waals surface area contributed by atoms with Gasteiger partial charge in [0.2, 0.25) is 0 Å². The lowest BCUT2D eigenvalue weighted by molar-refractivity contribution is -0.192. The maximum atomic E-state index is 10.6. The first-order chi connectivity index (χ1) is 17.6. The molecule has 0 bridgehead atoms. The van der Waals surface area contributed by atoms with E-state index >= 15 is 0 Å². The molecule has 37 heavy (non-hydrogen) atoms. The summed E-state index contributed by atoms with van der Waals surface area (Å²) in [5.74, 6) is -0.0201. The lowest BCUT2D eigenvalue weighted by Gasteiger charge is -2.28. The number of nitriles is 1. The molecule has 10 nitrogen and oxygen atoms in total. The summed E-state index contributed by atoms with van der Waals surface area (Å²) in [6.45, 7) is 1.75. The summed E-state index contributed by atoms with van der Waals surface area (Å²) in [6.07, 6.45) is 4.07. The number of hydrogen-bond donors (Lipinski definition) is 2. The highest BCUT2D eigenvalue weighted by Gasteiger charge is 2.38. The van der Waals surface area contributed by atoms with Gasteiger partial charge < -0.3 is 10.0 Å². The van der Waals surface area contributed by atoms with Crippen molar-refractivity contribution >= 4 is 28.0 Å². The van der Waals surface area contributed by atoms with Crippen LogP contribution in [0.4, 0.5) is 19.0 Å². The van der Waals surface area contributed by atoms with Gasteiger partial charge in [-0.25, -0.2) is 14.3 Å². The van der Waals surface area contributed by atoms with Crippen LogP contribution in [0.2, 0.25) is 0 Å². The molecule has 1 saturated heterocycles. The second-order valence-electron chi connectivity index (χ2n) is 8.10. The van der Waals surface area contributed by atoms with Crippen LogP contribution in [0.5, 0.6) is 0 Å². The number of aromatic nitrogens is 5. The van der Waals surface area contributed by atoms with Crippen molar-refractivity contribution in [3.63, 3.8) is 0 Å². The number of alkyl halides is 3. The number of pyridine rings is 2. The number of fused-ring (bicyclic) bond motifs is 1. The van der Waals surface area contributed by atoms with Crippen LogP contribution in [0.3, 0.4) is 0 Å². The highest BCUT2D eigenvalue weighted by molar-refractivity contribution is 7.86. The van der Waals surface area contributed by atoms with Crippen molar-refractivity contribution in [1.82, 2.24) is 24.4 Å². The maximum absolute atomic E-state index is 10.6. The Morgan fingerprint density at radius 1 is 1.11 bits per heavy atom. The topological polar surface area (TPSA) is 136 Å². The van der Waals surface area contributed by atoms with E-state index in [-0.39, 0.29) is 10.7 Å². The summed E-state index contributed by atoms with van der Waals surface area (Å²) in [4.78, 5) is 15.8. The minimum absolute atomic E-state index is 0.219. The van der Waals surface area contributed by atoms with Gasteiger partial charge in [0.1, 0.15) is 11.9 Å². The molecule has 0 atom stereocenters. The van der Waals surface area contributed by atoms with Gasteiger partial charge in [-0.3, -0.25) is 9.46 Å². The Kier molecular flexibility index (Phi) is 7.25. The number of nitrogens with one attached hydrogen (secondary N) is 1. The van der Waals surface area contributed by atoms with Crippen LogP contribution < -0.4 is 4.90 Å². The van der Waals surface area contributed by atoms with E-state index in [9.17, 15) is 18.4 Å². The van der Waals surface area contributed by atoms with Crippen LogP contribution in [0.1, 0.15) is 5.56 Å². The lowest BCUT2D eigenvalue weighted by Crippen LogP contribution is -2.37. The fourth-order valence-electron chi connectivity index (χ4n) is 3.77. The Labute approximate surface area is 211 Å². The fourth-order valence-corrected chi connectivity index (χ4v) is 4.85. The maximum Gasteiger partial charge on any atom is 0.490 e. The van der Waals surface area contributed by atoms with Crippen molar-refractivity contribution in [2.45, 2.75) is 6.18 Å². The number of rotatable bonds is 3. The molecular formula is C23H21F3N8O2S. The number of aliphatic carboxylic acids is 1. The number of carboxylic acid groups (broad SMARTS) is 1. The summed E-state index contributed by atoms with van der Waals surface area (Å²) in [5, 5.41) is 25.4. The summed E-state index contributed by atoms with van der Waals surface area (Å²) in [7, 11) is 1.67. The molecule has 0 saturated carbocycles. The van der Waals surface area contributed by atoms with Crippen molar-refractivity contribution in [2.24, 2.45) is 7.05 Å². The third-order valence-electron chi connectivity index (χ3n) is 5.61. The second kappa shape index (κ2) is 10.4. The molecule has 0 aliphatic carbocycles. The minimum atomic E-state index is -5.08. The number of aryl methyl sites for hydroxylation is 1. The number of nitrogens with zero attached hydrogens (tertiary/aromatic N) is 7. The van der Waals surface area contributed by atoms with Gasteiger partial charge in [0.25, 0.3) is 0 Å². The van der Waals surface area contributed by atoms with Crippen LogP contribution in [-0.2, 0) is 22.5 Å². The first-order valence-corrected chi connectivity index (χ1v) is 12.4. The van der Waals surface area contributed by atoms with Gasteiger partial charge in [-0.2, -0.15) is 28.6 Å². The van der Waals surface area contributed by atoms with E-state index in [1.807, 2.05) is 44.0 Å². The van der Waals surface area contributed by atoms with E-state index in [4.69, 9.17) is 19.7 Å². The molecule has 5 heterocycles. The quantitative estimate of drug-likeness (QED) is 0.414. The van der Waals surface area contributed by atoms with E-state index in [1.54, 1.807) is 15.4 Å². The Morgan fingerprint density at radius 3 is 2.35 bits per heavy atom. The highest BCUT2D eigenvalue weighted by atomic mass is 32.2. The first-order valence-electron chi connectivity index (χ1n) is 10.9. The number of anilines is 1. The molecule has 0 amide bonds. The van der Waals surface area contributed by atoms with Crippen LogP contribution in [0.15, 0.2) is 49.2 Å². The van der Waals surface area contributed by atoms with Crippen molar-refractivity contribution in [2.75, 3.05) is 29.5 Å². The summed E-state index contributed by atoms with van der Waals surface area (Å²) in [5.41, 5.74) is 5.11. The summed E-state index contributed by atoms with van der Waals surface area (Å²) >= 11 is 0. The normalized spacial score (nSPS) is 14.2. The SMILES string of the molecule is Cn1cc(-c2cc(-c3ccc(N4CCS(=N)CC4)nc3)c3c(C#N)cnn3c2)cn1.O=C(O)C(F)(F)F. The van der Waals surface area contributed by atoms with Crippen molar-refractivity contribution in [3.05, 3.63) is 54.7 Å². The standard InChI is InChI=1S/C21H20N8S.C2HF3O2/c1-27-13-18(12-25-27)16-8-19(21-17(9-22)11-26-29(21)14-16)15-2-3-20(24-10-15)28-4-6-30(23)7-5-28;3-2(4,5)1(6)7/h2-3,8,10-14,23H,4-7H2,1H3;(H,6,7).